The molecule has 0 unspecified atom stereocenters. The van der Waals surface area contributed by atoms with Crippen molar-refractivity contribution in [2.24, 2.45) is 11.8 Å². The molecule has 0 radical (unpaired) electrons. The van der Waals surface area contributed by atoms with Crippen molar-refractivity contribution in [1.82, 2.24) is 19.4 Å². The van der Waals surface area contributed by atoms with Gasteiger partial charge in [0.05, 0.1) is 10.6 Å². The minimum Gasteiger partial charge on any atom is -0.299 e. The van der Waals surface area contributed by atoms with Crippen LogP contribution in [0.4, 0.5) is 0 Å². The van der Waals surface area contributed by atoms with E-state index in [0.29, 0.717) is 5.92 Å². The fourth-order valence-corrected chi connectivity index (χ4v) is 5.07. The lowest BCUT2D eigenvalue weighted by Crippen LogP contribution is -2.44. The standard InChI is InChI=1S/C17H28N4S/c1-12(2)17-16(22-19-18-17)11-20-7-14-5-6-15(10-20)21(9-14)8-13-3-4-13/h12-15H,3-11H2,1-2H3/t14-,15+/m1/s1. The molecule has 2 bridgehead atoms. The molecule has 0 amide bonds. The molecule has 22 heavy (non-hydrogen) atoms. The molecular formula is C17H28N4S. The summed E-state index contributed by atoms with van der Waals surface area (Å²) in [6.07, 6.45) is 5.79. The van der Waals surface area contributed by atoms with Gasteiger partial charge < -0.3 is 0 Å². The SMILES string of the molecule is CC(C)c1nnsc1CN1C[C@H]2CC[C@@H](C1)N(CC1CC1)C2. The van der Waals surface area contributed by atoms with Gasteiger partial charge in [-0.2, -0.15) is 0 Å². The number of fused-ring (bicyclic) bond motifs is 4. The first-order chi connectivity index (χ1) is 10.7. The Morgan fingerprint density at radius 2 is 2.00 bits per heavy atom. The van der Waals surface area contributed by atoms with Gasteiger partial charge in [0.2, 0.25) is 0 Å². The summed E-state index contributed by atoms with van der Waals surface area (Å²) in [7, 11) is 0. The van der Waals surface area contributed by atoms with Crippen LogP contribution in [0.2, 0.25) is 0 Å². The van der Waals surface area contributed by atoms with E-state index >= 15 is 0 Å². The van der Waals surface area contributed by atoms with Crippen molar-refractivity contribution >= 4 is 11.5 Å². The van der Waals surface area contributed by atoms with Crippen molar-refractivity contribution < 1.29 is 0 Å². The summed E-state index contributed by atoms with van der Waals surface area (Å²) in [5, 5.41) is 4.35. The average Bonchev–Trinajstić information content (AvgIpc) is 3.23. The molecule has 1 aromatic rings. The molecule has 5 heteroatoms. The highest BCUT2D eigenvalue weighted by Gasteiger charge is 2.37. The Morgan fingerprint density at radius 3 is 2.77 bits per heavy atom. The third kappa shape index (κ3) is 3.22. The lowest BCUT2D eigenvalue weighted by atomic mass is 9.95. The van der Waals surface area contributed by atoms with Crippen molar-refractivity contribution in [3.8, 4) is 0 Å². The highest BCUT2D eigenvalue weighted by Crippen LogP contribution is 2.35. The highest BCUT2D eigenvalue weighted by atomic mass is 32.1. The first-order valence-electron chi connectivity index (χ1n) is 8.96. The van der Waals surface area contributed by atoms with Crippen LogP contribution in [0.5, 0.6) is 0 Å². The molecule has 0 N–H and O–H groups in total. The summed E-state index contributed by atoms with van der Waals surface area (Å²) in [6.45, 7) is 10.7. The molecule has 4 fully saturated rings. The van der Waals surface area contributed by atoms with E-state index in [1.54, 1.807) is 11.5 Å². The molecular weight excluding hydrogens is 292 g/mol. The van der Waals surface area contributed by atoms with Crippen LogP contribution in [-0.4, -0.2) is 51.6 Å². The van der Waals surface area contributed by atoms with Gasteiger partial charge in [0.25, 0.3) is 0 Å². The molecule has 122 valence electrons. The van der Waals surface area contributed by atoms with Gasteiger partial charge in [-0.1, -0.05) is 18.3 Å². The summed E-state index contributed by atoms with van der Waals surface area (Å²) in [5.74, 6) is 2.38. The quantitative estimate of drug-likeness (QED) is 0.835. The van der Waals surface area contributed by atoms with Gasteiger partial charge in [0.1, 0.15) is 0 Å². The fraction of sp³-hybridized carbons (Fsp3) is 0.882. The second kappa shape index (κ2) is 6.17. The fourth-order valence-electron chi connectivity index (χ4n) is 4.23. The lowest BCUT2D eigenvalue weighted by molar-refractivity contribution is 0.125. The predicted molar refractivity (Wildman–Crippen MR) is 90.1 cm³/mol. The molecule has 3 aliphatic heterocycles. The van der Waals surface area contributed by atoms with Crippen LogP contribution < -0.4 is 0 Å². The number of hydrogen-bond acceptors (Lipinski definition) is 5. The second-order valence-corrected chi connectivity index (χ2v) is 8.76. The Bertz CT molecular complexity index is 511. The van der Waals surface area contributed by atoms with Crippen molar-refractivity contribution in [2.45, 2.75) is 58.0 Å². The predicted octanol–water partition coefficient (Wildman–Crippen LogP) is 2.97. The molecule has 0 aromatic carbocycles. The van der Waals surface area contributed by atoms with E-state index in [9.17, 15) is 0 Å². The third-order valence-electron chi connectivity index (χ3n) is 5.59. The molecule has 4 heterocycles. The zero-order chi connectivity index (χ0) is 15.1. The Balaban J connectivity index is 1.44. The van der Waals surface area contributed by atoms with E-state index in [1.807, 2.05) is 0 Å². The lowest BCUT2D eigenvalue weighted by Gasteiger charge is -2.36. The van der Waals surface area contributed by atoms with Crippen molar-refractivity contribution in [2.75, 3.05) is 26.2 Å². The van der Waals surface area contributed by atoms with Crippen LogP contribution >= 0.6 is 11.5 Å². The molecule has 3 saturated heterocycles. The van der Waals surface area contributed by atoms with Crippen molar-refractivity contribution in [3.05, 3.63) is 10.6 Å². The van der Waals surface area contributed by atoms with Crippen LogP contribution in [0, 0.1) is 11.8 Å². The Hall–Kier alpha value is -0.520. The first-order valence-corrected chi connectivity index (χ1v) is 9.74. The summed E-state index contributed by atoms with van der Waals surface area (Å²) in [4.78, 5) is 6.90. The largest absolute Gasteiger partial charge is 0.299 e. The van der Waals surface area contributed by atoms with E-state index in [-0.39, 0.29) is 0 Å². The van der Waals surface area contributed by atoms with E-state index in [4.69, 9.17) is 0 Å². The van der Waals surface area contributed by atoms with Gasteiger partial charge in [-0.25, -0.2) is 0 Å². The average molecular weight is 321 g/mol. The van der Waals surface area contributed by atoms with Gasteiger partial charge in [-0.15, -0.1) is 5.10 Å². The Morgan fingerprint density at radius 1 is 1.14 bits per heavy atom. The molecule has 0 spiro atoms. The highest BCUT2D eigenvalue weighted by molar-refractivity contribution is 7.05. The molecule has 2 atom stereocenters. The maximum Gasteiger partial charge on any atom is 0.0826 e. The van der Waals surface area contributed by atoms with Crippen molar-refractivity contribution in [3.63, 3.8) is 0 Å². The Kier molecular flexibility index (Phi) is 4.22. The van der Waals surface area contributed by atoms with Gasteiger partial charge >= 0.3 is 0 Å². The third-order valence-corrected chi connectivity index (χ3v) is 6.31. The maximum atomic E-state index is 4.35. The number of hydrogen-bond donors (Lipinski definition) is 0. The number of aromatic nitrogens is 2. The minimum absolute atomic E-state index is 0.490. The van der Waals surface area contributed by atoms with E-state index in [2.05, 4.69) is 33.2 Å². The first kappa shape index (κ1) is 15.0. The Labute approximate surface area is 138 Å². The van der Waals surface area contributed by atoms with Gasteiger partial charge in [0, 0.05) is 38.8 Å². The molecule has 4 aliphatic rings. The van der Waals surface area contributed by atoms with Crippen LogP contribution in [0.25, 0.3) is 0 Å². The smallest absolute Gasteiger partial charge is 0.0826 e. The van der Waals surface area contributed by atoms with E-state index in [1.165, 1.54) is 62.4 Å². The van der Waals surface area contributed by atoms with Gasteiger partial charge in [0.15, 0.2) is 0 Å². The maximum absolute atomic E-state index is 4.35. The summed E-state index contributed by atoms with van der Waals surface area (Å²) < 4.78 is 4.20. The van der Waals surface area contributed by atoms with E-state index < -0.39 is 0 Å². The number of piperidine rings is 1. The zero-order valence-electron chi connectivity index (χ0n) is 13.9. The minimum atomic E-state index is 0.490. The van der Waals surface area contributed by atoms with E-state index in [0.717, 1.165) is 24.4 Å². The second-order valence-electron chi connectivity index (χ2n) is 7.92. The molecule has 1 saturated carbocycles. The van der Waals surface area contributed by atoms with Crippen molar-refractivity contribution in [1.29, 1.82) is 0 Å². The summed E-state index contributed by atoms with van der Waals surface area (Å²) in [5.41, 5.74) is 1.22. The zero-order valence-corrected chi connectivity index (χ0v) is 14.7. The van der Waals surface area contributed by atoms with Gasteiger partial charge in [-0.05, 0) is 55.0 Å². The molecule has 1 aliphatic carbocycles. The molecule has 1 aromatic heterocycles. The van der Waals surface area contributed by atoms with Gasteiger partial charge in [-0.3, -0.25) is 9.80 Å². The normalized spacial score (nSPS) is 30.1. The number of nitrogens with zero attached hydrogens (tertiary/aromatic N) is 4. The summed E-state index contributed by atoms with van der Waals surface area (Å²) >= 11 is 1.61. The van der Waals surface area contributed by atoms with Crippen LogP contribution in [0.1, 0.15) is 56.0 Å². The van der Waals surface area contributed by atoms with Crippen LogP contribution in [-0.2, 0) is 6.54 Å². The monoisotopic (exact) mass is 320 g/mol. The summed E-state index contributed by atoms with van der Waals surface area (Å²) in [6, 6.07) is 0.794. The number of rotatable bonds is 5. The molecule has 5 rings (SSSR count). The molecule has 4 nitrogen and oxygen atoms in total. The van der Waals surface area contributed by atoms with Crippen LogP contribution in [0.15, 0.2) is 0 Å². The topological polar surface area (TPSA) is 32.3 Å². The van der Waals surface area contributed by atoms with Crippen LogP contribution in [0.3, 0.4) is 0 Å².